The maximum Gasteiger partial charge on any atom is 0.0979 e. The van der Waals surface area contributed by atoms with E-state index in [0.717, 1.165) is 36.2 Å². The molecule has 3 nitrogen and oxygen atoms in total. The van der Waals surface area contributed by atoms with Gasteiger partial charge in [-0.2, -0.15) is 10.2 Å². The van der Waals surface area contributed by atoms with E-state index in [0.29, 0.717) is 0 Å². The van der Waals surface area contributed by atoms with Crippen LogP contribution in [0.4, 0.5) is 0 Å². The van der Waals surface area contributed by atoms with Crippen LogP contribution < -0.4 is 0 Å². The van der Waals surface area contributed by atoms with Gasteiger partial charge in [-0.05, 0) is 43.0 Å². The first kappa shape index (κ1) is 8.53. The molecule has 0 aliphatic heterocycles. The van der Waals surface area contributed by atoms with Gasteiger partial charge >= 0.3 is 0 Å². The fraction of sp³-hybridized carbons (Fsp3) is 0.250. The van der Waals surface area contributed by atoms with Crippen molar-refractivity contribution in [1.82, 2.24) is 15.2 Å². The van der Waals surface area contributed by atoms with E-state index < -0.39 is 0 Å². The third-order valence-electron chi connectivity index (χ3n) is 2.81. The molecule has 2 aromatic heterocycles. The van der Waals surface area contributed by atoms with Crippen LogP contribution in [-0.4, -0.2) is 15.2 Å². The highest BCUT2D eigenvalue weighted by Gasteiger charge is 2.15. The van der Waals surface area contributed by atoms with Crippen LogP contribution in [0.1, 0.15) is 17.7 Å². The van der Waals surface area contributed by atoms with Crippen LogP contribution in [0.15, 0.2) is 30.6 Å². The average Bonchev–Trinajstić information content (AvgIpc) is 2.48. The van der Waals surface area contributed by atoms with Crippen molar-refractivity contribution in [2.24, 2.45) is 0 Å². The second kappa shape index (κ2) is 3.42. The van der Waals surface area contributed by atoms with Gasteiger partial charge in [0, 0.05) is 23.7 Å². The van der Waals surface area contributed by atoms with Gasteiger partial charge in [0.2, 0.25) is 0 Å². The van der Waals surface area contributed by atoms with Gasteiger partial charge in [-0.3, -0.25) is 4.98 Å². The zero-order valence-corrected chi connectivity index (χ0v) is 8.35. The van der Waals surface area contributed by atoms with E-state index in [1.165, 1.54) is 5.56 Å². The molecule has 0 saturated heterocycles. The molecule has 0 atom stereocenters. The Morgan fingerprint density at radius 2 is 2.07 bits per heavy atom. The molecule has 0 bridgehead atoms. The fourth-order valence-corrected chi connectivity index (χ4v) is 2.09. The number of hydrogen-bond donors (Lipinski definition) is 0. The van der Waals surface area contributed by atoms with Crippen LogP contribution >= 0.6 is 0 Å². The number of rotatable bonds is 0. The molecular formula is C12H11N3. The summed E-state index contributed by atoms with van der Waals surface area (Å²) in [6.45, 7) is 0. The highest BCUT2D eigenvalue weighted by atomic mass is 15.1. The summed E-state index contributed by atoms with van der Waals surface area (Å²) in [4.78, 5) is 4.41. The Morgan fingerprint density at radius 3 is 3.07 bits per heavy atom. The third kappa shape index (κ3) is 1.40. The lowest BCUT2D eigenvalue weighted by molar-refractivity contribution is 0.811. The smallest absolute Gasteiger partial charge is 0.0979 e. The van der Waals surface area contributed by atoms with Crippen molar-refractivity contribution in [3.63, 3.8) is 0 Å². The molecule has 0 saturated carbocycles. The Kier molecular flexibility index (Phi) is 1.95. The lowest BCUT2D eigenvalue weighted by Gasteiger charge is -2.04. The zero-order chi connectivity index (χ0) is 10.1. The molecule has 1 aliphatic rings. The zero-order valence-electron chi connectivity index (χ0n) is 8.35. The van der Waals surface area contributed by atoms with Crippen molar-refractivity contribution in [2.75, 3.05) is 0 Å². The Hall–Kier alpha value is -1.77. The summed E-state index contributed by atoms with van der Waals surface area (Å²) in [7, 11) is 0. The summed E-state index contributed by atoms with van der Waals surface area (Å²) in [6.07, 6.45) is 6.86. The first-order valence-corrected chi connectivity index (χ1v) is 5.20. The number of hydrogen-bond acceptors (Lipinski definition) is 3. The first-order chi connectivity index (χ1) is 7.45. The minimum atomic E-state index is 1.01. The van der Waals surface area contributed by atoms with Gasteiger partial charge < -0.3 is 0 Å². The summed E-state index contributed by atoms with van der Waals surface area (Å²) in [5.41, 5.74) is 4.60. The van der Waals surface area contributed by atoms with Crippen LogP contribution in [0.5, 0.6) is 0 Å². The third-order valence-corrected chi connectivity index (χ3v) is 2.81. The SMILES string of the molecule is c1cnc2c(c1)-c1nnccc1CCC2. The van der Waals surface area contributed by atoms with Crippen molar-refractivity contribution >= 4 is 0 Å². The Labute approximate surface area is 88.2 Å². The Bertz CT molecular complexity index is 448. The normalized spacial score (nSPS) is 13.9. The summed E-state index contributed by atoms with van der Waals surface area (Å²) in [5.74, 6) is 0. The molecule has 2 heterocycles. The van der Waals surface area contributed by atoms with E-state index in [1.807, 2.05) is 12.3 Å². The average molecular weight is 197 g/mol. The standard InChI is InChI=1S/C12H11N3/c1-3-9-6-8-14-15-12(9)10-4-2-7-13-11(10)5-1/h2,4,6-8H,1,3,5H2. The van der Waals surface area contributed by atoms with Gasteiger partial charge in [0.25, 0.3) is 0 Å². The van der Waals surface area contributed by atoms with Crippen molar-refractivity contribution in [1.29, 1.82) is 0 Å². The van der Waals surface area contributed by atoms with Crippen LogP contribution in [-0.2, 0) is 12.8 Å². The van der Waals surface area contributed by atoms with Crippen molar-refractivity contribution < 1.29 is 0 Å². The van der Waals surface area contributed by atoms with Gasteiger partial charge in [0.15, 0.2) is 0 Å². The summed E-state index contributed by atoms with van der Waals surface area (Å²) in [6, 6.07) is 6.11. The molecule has 3 heteroatoms. The van der Waals surface area contributed by atoms with Gasteiger partial charge in [-0.25, -0.2) is 0 Å². The Morgan fingerprint density at radius 1 is 1.07 bits per heavy atom. The van der Waals surface area contributed by atoms with Gasteiger partial charge in [-0.15, -0.1) is 0 Å². The van der Waals surface area contributed by atoms with Crippen LogP contribution in [0.25, 0.3) is 11.3 Å². The monoisotopic (exact) mass is 197 g/mol. The number of fused-ring (bicyclic) bond motifs is 3. The number of pyridine rings is 1. The molecule has 1 aliphatic carbocycles. The predicted octanol–water partition coefficient (Wildman–Crippen LogP) is 2.03. The van der Waals surface area contributed by atoms with Crippen LogP contribution in [0.3, 0.4) is 0 Å². The molecule has 3 rings (SSSR count). The van der Waals surface area contributed by atoms with E-state index >= 15 is 0 Å². The predicted molar refractivity (Wildman–Crippen MR) is 57.3 cm³/mol. The second-order valence-electron chi connectivity index (χ2n) is 3.76. The maximum atomic E-state index is 4.41. The largest absolute Gasteiger partial charge is 0.261 e. The van der Waals surface area contributed by atoms with E-state index in [9.17, 15) is 0 Å². The molecule has 0 N–H and O–H groups in total. The summed E-state index contributed by atoms with van der Waals surface area (Å²) in [5, 5.41) is 8.19. The minimum Gasteiger partial charge on any atom is -0.261 e. The molecular weight excluding hydrogens is 186 g/mol. The van der Waals surface area contributed by atoms with Gasteiger partial charge in [0.05, 0.1) is 5.69 Å². The van der Waals surface area contributed by atoms with E-state index in [2.05, 4.69) is 27.3 Å². The highest BCUT2D eigenvalue weighted by Crippen LogP contribution is 2.28. The summed E-state index contributed by atoms with van der Waals surface area (Å²) < 4.78 is 0. The molecule has 0 aromatic carbocycles. The molecule has 0 unspecified atom stereocenters. The fourth-order valence-electron chi connectivity index (χ4n) is 2.09. The highest BCUT2D eigenvalue weighted by molar-refractivity contribution is 5.65. The first-order valence-electron chi connectivity index (χ1n) is 5.20. The van der Waals surface area contributed by atoms with Crippen LogP contribution in [0.2, 0.25) is 0 Å². The number of aromatic nitrogens is 3. The molecule has 0 spiro atoms. The topological polar surface area (TPSA) is 38.7 Å². The minimum absolute atomic E-state index is 1.01. The van der Waals surface area contributed by atoms with Crippen molar-refractivity contribution in [2.45, 2.75) is 19.3 Å². The van der Waals surface area contributed by atoms with Crippen LogP contribution in [0, 0.1) is 0 Å². The van der Waals surface area contributed by atoms with E-state index in [4.69, 9.17) is 0 Å². The lowest BCUT2D eigenvalue weighted by atomic mass is 10.1. The van der Waals surface area contributed by atoms with E-state index in [-0.39, 0.29) is 0 Å². The van der Waals surface area contributed by atoms with E-state index in [1.54, 1.807) is 6.20 Å². The molecule has 2 aromatic rings. The molecule has 0 fully saturated rings. The second-order valence-corrected chi connectivity index (χ2v) is 3.76. The number of nitrogens with zero attached hydrogens (tertiary/aromatic N) is 3. The Balaban J connectivity index is 2.27. The molecule has 74 valence electrons. The van der Waals surface area contributed by atoms with Crippen molar-refractivity contribution in [3.05, 3.63) is 41.9 Å². The maximum absolute atomic E-state index is 4.41. The molecule has 0 amide bonds. The van der Waals surface area contributed by atoms with Gasteiger partial charge in [0.1, 0.15) is 0 Å². The lowest BCUT2D eigenvalue weighted by Crippen LogP contribution is -1.94. The van der Waals surface area contributed by atoms with Crippen molar-refractivity contribution in [3.8, 4) is 11.3 Å². The van der Waals surface area contributed by atoms with Gasteiger partial charge in [-0.1, -0.05) is 0 Å². The summed E-state index contributed by atoms with van der Waals surface area (Å²) >= 11 is 0. The molecule has 0 radical (unpaired) electrons. The molecule has 15 heavy (non-hydrogen) atoms. The quantitative estimate of drug-likeness (QED) is 0.648. The number of aryl methyl sites for hydroxylation is 2.